The minimum Gasteiger partial charge on any atom is -0.316 e. The predicted molar refractivity (Wildman–Crippen MR) is 73.1 cm³/mol. The summed E-state index contributed by atoms with van der Waals surface area (Å²) in [4.78, 5) is 26.1. The minimum absolute atomic E-state index is 0.0908. The summed E-state index contributed by atoms with van der Waals surface area (Å²) in [5.74, 6) is -0.220. The fourth-order valence-electron chi connectivity index (χ4n) is 2.97. The Kier molecular flexibility index (Phi) is 3.07. The summed E-state index contributed by atoms with van der Waals surface area (Å²) in [6.45, 7) is 1.51. The number of carbonyl (C=O) groups is 2. The smallest absolute Gasteiger partial charge is 0.241 e. The Bertz CT molecular complexity index is 538. The van der Waals surface area contributed by atoms with Crippen LogP contribution in [-0.2, 0) is 9.59 Å². The zero-order valence-corrected chi connectivity index (χ0v) is 11.2. The normalized spacial score (nSPS) is 27.3. The molecule has 0 aromatic heterocycles. The number of imide groups is 1. The van der Waals surface area contributed by atoms with E-state index < -0.39 is 5.41 Å². The molecule has 4 nitrogen and oxygen atoms in total. The fourth-order valence-corrected chi connectivity index (χ4v) is 3.16. The number of nitrogens with zero attached hydrogens (tertiary/aromatic N) is 1. The van der Waals surface area contributed by atoms with Crippen molar-refractivity contribution in [3.05, 3.63) is 29.3 Å². The Balaban J connectivity index is 1.95. The van der Waals surface area contributed by atoms with Gasteiger partial charge < -0.3 is 5.32 Å². The SMILES string of the molecule is O=C1C[C@@]2(CCCNC2)C(=O)N1c1cccc(Cl)c1. The third-order valence-corrected chi connectivity index (χ3v) is 4.17. The molecule has 0 bridgehead atoms. The van der Waals surface area contributed by atoms with E-state index in [1.54, 1.807) is 24.3 Å². The standard InChI is InChI=1S/C14H15ClN2O2/c15-10-3-1-4-11(7-10)17-12(18)8-14(13(17)19)5-2-6-16-9-14/h1,3-4,7,16H,2,5-6,8-9H2/t14-/m1/s1. The van der Waals surface area contributed by atoms with Crippen LogP contribution in [-0.4, -0.2) is 24.9 Å². The van der Waals surface area contributed by atoms with Crippen molar-refractivity contribution >= 4 is 29.1 Å². The average molecular weight is 279 g/mol. The van der Waals surface area contributed by atoms with E-state index in [1.807, 2.05) is 0 Å². The van der Waals surface area contributed by atoms with E-state index in [9.17, 15) is 9.59 Å². The molecule has 2 aliphatic heterocycles. The molecule has 1 aromatic carbocycles. The van der Waals surface area contributed by atoms with Crippen LogP contribution in [0.1, 0.15) is 19.3 Å². The van der Waals surface area contributed by atoms with Gasteiger partial charge in [-0.05, 0) is 37.6 Å². The van der Waals surface area contributed by atoms with Crippen molar-refractivity contribution in [2.45, 2.75) is 19.3 Å². The van der Waals surface area contributed by atoms with Crippen molar-refractivity contribution < 1.29 is 9.59 Å². The molecule has 0 unspecified atom stereocenters. The molecule has 1 spiro atoms. The second-order valence-corrected chi connectivity index (χ2v) is 5.69. The summed E-state index contributed by atoms with van der Waals surface area (Å²) in [5.41, 5.74) is 0.0300. The summed E-state index contributed by atoms with van der Waals surface area (Å²) in [6.07, 6.45) is 2.01. The number of rotatable bonds is 1. The minimum atomic E-state index is -0.544. The number of halogens is 1. The fraction of sp³-hybridized carbons (Fsp3) is 0.429. The van der Waals surface area contributed by atoms with E-state index >= 15 is 0 Å². The first-order chi connectivity index (χ1) is 9.12. The first-order valence-corrected chi connectivity index (χ1v) is 6.84. The van der Waals surface area contributed by atoms with Crippen LogP contribution in [0.25, 0.3) is 0 Å². The maximum absolute atomic E-state index is 12.6. The average Bonchev–Trinajstić information content (AvgIpc) is 2.62. The van der Waals surface area contributed by atoms with Crippen LogP contribution in [0.2, 0.25) is 5.02 Å². The number of carbonyl (C=O) groups excluding carboxylic acids is 2. The van der Waals surface area contributed by atoms with Gasteiger partial charge in [-0.15, -0.1) is 0 Å². The maximum Gasteiger partial charge on any atom is 0.241 e. The number of benzene rings is 1. The van der Waals surface area contributed by atoms with Gasteiger partial charge in [0.05, 0.1) is 11.1 Å². The summed E-state index contributed by atoms with van der Waals surface area (Å²) in [7, 11) is 0. The van der Waals surface area contributed by atoms with Gasteiger partial charge in [0.1, 0.15) is 0 Å². The molecule has 2 aliphatic rings. The Labute approximate surface area is 116 Å². The first kappa shape index (κ1) is 12.6. The molecule has 2 heterocycles. The van der Waals surface area contributed by atoms with Crippen molar-refractivity contribution in [2.75, 3.05) is 18.0 Å². The van der Waals surface area contributed by atoms with Crippen LogP contribution in [0.5, 0.6) is 0 Å². The molecule has 5 heteroatoms. The number of nitrogens with one attached hydrogen (secondary N) is 1. The molecule has 2 amide bonds. The zero-order chi connectivity index (χ0) is 13.5. The molecular formula is C14H15ClN2O2. The summed E-state index contributed by atoms with van der Waals surface area (Å²) in [6, 6.07) is 6.89. The van der Waals surface area contributed by atoms with Crippen molar-refractivity contribution in [2.24, 2.45) is 5.41 Å². The second-order valence-electron chi connectivity index (χ2n) is 5.25. The quantitative estimate of drug-likeness (QED) is 0.799. The van der Waals surface area contributed by atoms with Gasteiger partial charge in [-0.3, -0.25) is 9.59 Å². The van der Waals surface area contributed by atoms with Crippen LogP contribution in [0, 0.1) is 5.41 Å². The molecule has 2 saturated heterocycles. The predicted octanol–water partition coefficient (Wildman–Crippen LogP) is 1.97. The molecule has 1 aromatic rings. The van der Waals surface area contributed by atoms with Crippen molar-refractivity contribution in [3.63, 3.8) is 0 Å². The van der Waals surface area contributed by atoms with Gasteiger partial charge >= 0.3 is 0 Å². The Morgan fingerprint density at radius 3 is 2.84 bits per heavy atom. The number of amides is 2. The van der Waals surface area contributed by atoms with Gasteiger partial charge in [0.15, 0.2) is 0 Å². The van der Waals surface area contributed by atoms with E-state index in [-0.39, 0.29) is 11.8 Å². The van der Waals surface area contributed by atoms with Gasteiger partial charge in [0, 0.05) is 18.0 Å². The maximum atomic E-state index is 12.6. The van der Waals surface area contributed by atoms with E-state index in [1.165, 1.54) is 4.90 Å². The van der Waals surface area contributed by atoms with Gasteiger partial charge in [-0.2, -0.15) is 0 Å². The number of anilines is 1. The zero-order valence-electron chi connectivity index (χ0n) is 10.5. The summed E-state index contributed by atoms with van der Waals surface area (Å²) >= 11 is 5.93. The Hall–Kier alpha value is -1.39. The van der Waals surface area contributed by atoms with Crippen LogP contribution in [0.15, 0.2) is 24.3 Å². The molecule has 1 N–H and O–H groups in total. The first-order valence-electron chi connectivity index (χ1n) is 6.46. The second kappa shape index (κ2) is 4.62. The van der Waals surface area contributed by atoms with Gasteiger partial charge in [0.2, 0.25) is 11.8 Å². The van der Waals surface area contributed by atoms with Crippen molar-refractivity contribution in [1.29, 1.82) is 0 Å². The van der Waals surface area contributed by atoms with E-state index in [2.05, 4.69) is 5.32 Å². The number of piperidine rings is 1. The van der Waals surface area contributed by atoms with E-state index in [4.69, 9.17) is 11.6 Å². The van der Waals surface area contributed by atoms with Gasteiger partial charge in [-0.1, -0.05) is 17.7 Å². The molecule has 1 atom stereocenters. The molecule has 3 rings (SSSR count). The molecule has 0 aliphatic carbocycles. The van der Waals surface area contributed by atoms with Crippen molar-refractivity contribution in [3.8, 4) is 0 Å². The van der Waals surface area contributed by atoms with E-state index in [0.717, 1.165) is 19.4 Å². The highest BCUT2D eigenvalue weighted by Gasteiger charge is 2.52. The van der Waals surface area contributed by atoms with Crippen LogP contribution < -0.4 is 10.2 Å². The molecule has 2 fully saturated rings. The van der Waals surface area contributed by atoms with Crippen molar-refractivity contribution in [1.82, 2.24) is 5.32 Å². The monoisotopic (exact) mass is 278 g/mol. The third kappa shape index (κ3) is 2.05. The Morgan fingerprint density at radius 1 is 1.32 bits per heavy atom. The topological polar surface area (TPSA) is 49.4 Å². The third-order valence-electron chi connectivity index (χ3n) is 3.93. The number of hydrogen-bond donors (Lipinski definition) is 1. The highest BCUT2D eigenvalue weighted by Crippen LogP contribution is 2.40. The summed E-state index contributed by atoms with van der Waals surface area (Å²) < 4.78 is 0. The van der Waals surface area contributed by atoms with Crippen LogP contribution in [0.4, 0.5) is 5.69 Å². The van der Waals surface area contributed by atoms with E-state index in [0.29, 0.717) is 23.7 Å². The lowest BCUT2D eigenvalue weighted by atomic mass is 9.79. The van der Waals surface area contributed by atoms with Crippen LogP contribution >= 0.6 is 11.6 Å². The highest BCUT2D eigenvalue weighted by atomic mass is 35.5. The largest absolute Gasteiger partial charge is 0.316 e. The molecular weight excluding hydrogens is 264 g/mol. The molecule has 19 heavy (non-hydrogen) atoms. The molecule has 0 saturated carbocycles. The highest BCUT2D eigenvalue weighted by molar-refractivity contribution is 6.31. The van der Waals surface area contributed by atoms with Gasteiger partial charge in [0.25, 0.3) is 0 Å². The Morgan fingerprint density at radius 2 is 2.16 bits per heavy atom. The summed E-state index contributed by atoms with van der Waals surface area (Å²) in [5, 5.41) is 3.75. The lowest BCUT2D eigenvalue weighted by molar-refractivity contribution is -0.126. The lowest BCUT2D eigenvalue weighted by Crippen LogP contribution is -2.45. The van der Waals surface area contributed by atoms with Crippen LogP contribution in [0.3, 0.4) is 0 Å². The lowest BCUT2D eigenvalue weighted by Gasteiger charge is -2.31. The molecule has 0 radical (unpaired) electrons. The van der Waals surface area contributed by atoms with Gasteiger partial charge in [-0.25, -0.2) is 4.90 Å². The molecule has 100 valence electrons. The number of hydrogen-bond acceptors (Lipinski definition) is 3.